The lowest BCUT2D eigenvalue weighted by Gasteiger charge is -2.26. The van der Waals surface area contributed by atoms with E-state index in [-0.39, 0.29) is 12.4 Å². The molecular weight excluding hydrogens is 278 g/mol. The van der Waals surface area contributed by atoms with Crippen LogP contribution in [0.3, 0.4) is 0 Å². The predicted molar refractivity (Wildman–Crippen MR) is 76.3 cm³/mol. The first-order valence-electron chi connectivity index (χ1n) is 6.34. The van der Waals surface area contributed by atoms with E-state index in [1.807, 2.05) is 0 Å². The smallest absolute Gasteiger partial charge is 0.415 e. The van der Waals surface area contributed by atoms with Crippen molar-refractivity contribution in [2.75, 3.05) is 25.2 Å². The maximum absolute atomic E-state index is 12.2. The van der Waals surface area contributed by atoms with Crippen LogP contribution in [0.5, 0.6) is 0 Å². The third-order valence-corrected chi connectivity index (χ3v) is 2.36. The predicted octanol–water partition coefficient (Wildman–Crippen LogP) is 2.38. The summed E-state index contributed by atoms with van der Waals surface area (Å²) in [7, 11) is 1.52. The minimum absolute atomic E-state index is 0.255. The molecule has 0 unspecified atom stereocenters. The highest BCUT2D eigenvalue weighted by Crippen LogP contribution is 2.19. The fourth-order valence-electron chi connectivity index (χ4n) is 1.47. The average molecular weight is 297 g/mol. The highest BCUT2D eigenvalue weighted by molar-refractivity contribution is 5.87. The number of carbonyl (C=O) groups excluding carboxylic acids is 1. The van der Waals surface area contributed by atoms with Gasteiger partial charge in [-0.2, -0.15) is 0 Å². The van der Waals surface area contributed by atoms with Crippen LogP contribution in [0.25, 0.3) is 0 Å². The van der Waals surface area contributed by atoms with Gasteiger partial charge in [-0.05, 0) is 36.7 Å². The van der Waals surface area contributed by atoms with Crippen molar-refractivity contribution in [3.8, 4) is 0 Å². The number of hydrogen-bond donors (Lipinski definition) is 0. The van der Waals surface area contributed by atoms with Gasteiger partial charge in [-0.15, -0.1) is 0 Å². The van der Waals surface area contributed by atoms with E-state index in [2.05, 4.69) is 4.98 Å². The van der Waals surface area contributed by atoms with Crippen molar-refractivity contribution in [1.29, 1.82) is 0 Å². The van der Waals surface area contributed by atoms with Crippen molar-refractivity contribution >= 4 is 17.6 Å². The van der Waals surface area contributed by atoms with Crippen LogP contribution in [0.15, 0.2) is 18.3 Å². The molecule has 0 atom stereocenters. The Morgan fingerprint density at radius 2 is 2.10 bits per heavy atom. The summed E-state index contributed by atoms with van der Waals surface area (Å²) in [6, 6.07) is 2.68. The minimum Gasteiger partial charge on any atom is -0.443 e. The Hall–Kier alpha value is -2.22. The molecule has 1 amide bonds. The standard InChI is InChI=1S/C13H19N3O5/c1-13(2,3)21-12(17)15(7-8-20-4)10-5-6-11(14-9-10)16(18)19/h5-6,9H,7-8H2,1-4H3. The summed E-state index contributed by atoms with van der Waals surface area (Å²) in [5.41, 5.74) is -0.233. The largest absolute Gasteiger partial charge is 0.443 e. The van der Waals surface area contributed by atoms with Gasteiger partial charge in [-0.25, -0.2) is 4.79 Å². The molecule has 0 radical (unpaired) electrons. The molecule has 116 valence electrons. The second kappa shape index (κ2) is 6.98. The van der Waals surface area contributed by atoms with Gasteiger partial charge < -0.3 is 19.6 Å². The molecule has 0 spiro atoms. The van der Waals surface area contributed by atoms with E-state index in [1.165, 1.54) is 30.3 Å². The number of nitro groups is 1. The van der Waals surface area contributed by atoms with E-state index < -0.39 is 16.6 Å². The van der Waals surface area contributed by atoms with E-state index >= 15 is 0 Å². The molecule has 1 rings (SSSR count). The van der Waals surface area contributed by atoms with Gasteiger partial charge in [0, 0.05) is 13.2 Å². The van der Waals surface area contributed by atoms with Gasteiger partial charge in [0.25, 0.3) is 0 Å². The molecule has 21 heavy (non-hydrogen) atoms. The minimum atomic E-state index is -0.642. The average Bonchev–Trinajstić information content (AvgIpc) is 2.37. The highest BCUT2D eigenvalue weighted by Gasteiger charge is 2.24. The Kier molecular flexibility index (Phi) is 5.60. The Labute approximate surface area is 122 Å². The third kappa shape index (κ3) is 5.35. The van der Waals surface area contributed by atoms with E-state index in [9.17, 15) is 14.9 Å². The molecule has 0 fully saturated rings. The zero-order valence-electron chi connectivity index (χ0n) is 12.5. The van der Waals surface area contributed by atoms with E-state index in [1.54, 1.807) is 20.8 Å². The molecule has 1 aromatic heterocycles. The number of methoxy groups -OCH3 is 1. The summed E-state index contributed by atoms with van der Waals surface area (Å²) < 4.78 is 10.3. The lowest BCUT2D eigenvalue weighted by Crippen LogP contribution is -2.38. The van der Waals surface area contributed by atoms with Gasteiger partial charge in [0.2, 0.25) is 0 Å². The maximum Gasteiger partial charge on any atom is 0.415 e. The Morgan fingerprint density at radius 3 is 2.52 bits per heavy atom. The molecule has 8 nitrogen and oxygen atoms in total. The van der Waals surface area contributed by atoms with Gasteiger partial charge in [-0.3, -0.25) is 4.90 Å². The second-order valence-electron chi connectivity index (χ2n) is 5.26. The highest BCUT2D eigenvalue weighted by atomic mass is 16.6. The quantitative estimate of drug-likeness (QED) is 0.611. The van der Waals surface area contributed by atoms with E-state index in [4.69, 9.17) is 9.47 Å². The molecule has 1 aromatic rings. The fraction of sp³-hybridized carbons (Fsp3) is 0.538. The van der Waals surface area contributed by atoms with Crippen molar-refractivity contribution in [3.05, 3.63) is 28.4 Å². The summed E-state index contributed by atoms with van der Waals surface area (Å²) in [4.78, 5) is 27.2. The number of ether oxygens (including phenoxy) is 2. The van der Waals surface area contributed by atoms with Gasteiger partial charge in [0.15, 0.2) is 6.20 Å². The molecule has 0 aliphatic rings. The van der Waals surface area contributed by atoms with E-state index in [0.717, 1.165) is 0 Å². The Morgan fingerprint density at radius 1 is 1.43 bits per heavy atom. The summed E-state index contributed by atoms with van der Waals surface area (Å²) >= 11 is 0. The molecule has 0 aliphatic carbocycles. The number of amides is 1. The number of hydrogen-bond acceptors (Lipinski definition) is 6. The molecule has 0 aliphatic heterocycles. The van der Waals surface area contributed by atoms with Crippen LogP contribution >= 0.6 is 0 Å². The zero-order valence-corrected chi connectivity index (χ0v) is 12.5. The third-order valence-electron chi connectivity index (χ3n) is 2.36. The lowest BCUT2D eigenvalue weighted by molar-refractivity contribution is -0.389. The van der Waals surface area contributed by atoms with Crippen molar-refractivity contribution in [1.82, 2.24) is 4.98 Å². The molecule has 0 saturated carbocycles. The van der Waals surface area contributed by atoms with Crippen LogP contribution < -0.4 is 4.90 Å². The van der Waals surface area contributed by atoms with E-state index in [0.29, 0.717) is 12.3 Å². The summed E-state index contributed by atoms with van der Waals surface area (Å²) in [5, 5.41) is 10.6. The van der Waals surface area contributed by atoms with Gasteiger partial charge >= 0.3 is 11.9 Å². The lowest BCUT2D eigenvalue weighted by atomic mass is 10.2. The topological polar surface area (TPSA) is 94.8 Å². The monoisotopic (exact) mass is 297 g/mol. The molecule has 0 bridgehead atoms. The van der Waals surface area contributed by atoms with Crippen molar-refractivity contribution < 1.29 is 19.2 Å². The van der Waals surface area contributed by atoms with Gasteiger partial charge in [-0.1, -0.05) is 0 Å². The first kappa shape index (κ1) is 16.8. The maximum atomic E-state index is 12.2. The van der Waals surface area contributed by atoms with Crippen molar-refractivity contribution in [3.63, 3.8) is 0 Å². The van der Waals surface area contributed by atoms with Crippen LogP contribution in [0, 0.1) is 10.1 Å². The van der Waals surface area contributed by atoms with Crippen LogP contribution in [0.1, 0.15) is 20.8 Å². The van der Waals surface area contributed by atoms with Gasteiger partial charge in [0.05, 0.1) is 18.8 Å². The summed E-state index contributed by atoms with van der Waals surface area (Å²) in [6.45, 7) is 5.83. The number of nitrogens with zero attached hydrogens (tertiary/aromatic N) is 3. The summed E-state index contributed by atoms with van der Waals surface area (Å²) in [6.07, 6.45) is 0.702. The molecule has 0 saturated heterocycles. The Bertz CT molecular complexity index is 496. The summed E-state index contributed by atoms with van der Waals surface area (Å²) in [5.74, 6) is -0.283. The fourth-order valence-corrected chi connectivity index (χ4v) is 1.47. The number of aromatic nitrogens is 1. The first-order chi connectivity index (χ1) is 9.74. The molecular formula is C13H19N3O5. The first-order valence-corrected chi connectivity index (χ1v) is 6.34. The van der Waals surface area contributed by atoms with Crippen LogP contribution in [0.4, 0.5) is 16.3 Å². The van der Waals surface area contributed by atoms with Crippen LogP contribution in [-0.2, 0) is 9.47 Å². The zero-order chi connectivity index (χ0) is 16.0. The molecule has 1 heterocycles. The van der Waals surface area contributed by atoms with Crippen molar-refractivity contribution in [2.45, 2.75) is 26.4 Å². The van der Waals surface area contributed by atoms with Crippen LogP contribution in [0.2, 0.25) is 0 Å². The number of rotatable bonds is 5. The van der Waals surface area contributed by atoms with Gasteiger partial charge in [0.1, 0.15) is 5.60 Å². The Balaban J connectivity index is 2.95. The molecule has 0 aromatic carbocycles. The molecule has 0 N–H and O–H groups in total. The van der Waals surface area contributed by atoms with Crippen LogP contribution in [-0.4, -0.2) is 41.9 Å². The second-order valence-corrected chi connectivity index (χ2v) is 5.26. The van der Waals surface area contributed by atoms with Crippen molar-refractivity contribution in [2.24, 2.45) is 0 Å². The SMILES string of the molecule is COCCN(C(=O)OC(C)(C)C)c1ccc([N+](=O)[O-])nc1. The number of anilines is 1. The molecule has 8 heteroatoms. The number of pyridine rings is 1. The number of carbonyl (C=O) groups is 1. The normalized spacial score (nSPS) is 11.0.